The SMILES string of the molecule is CCc1cc(OC(CN)c2cc(Br)cs2)ccc1Cl. The molecule has 0 radical (unpaired) electrons. The largest absolute Gasteiger partial charge is 0.484 e. The molecular formula is C14H15BrClNOS. The third kappa shape index (κ3) is 3.72. The van der Waals surface area contributed by atoms with Gasteiger partial charge in [0.05, 0.1) is 0 Å². The molecule has 102 valence electrons. The van der Waals surface area contributed by atoms with Crippen LogP contribution in [-0.4, -0.2) is 6.54 Å². The maximum atomic E-state index is 6.10. The van der Waals surface area contributed by atoms with E-state index >= 15 is 0 Å². The third-order valence-corrected chi connectivity index (χ3v) is 4.95. The van der Waals surface area contributed by atoms with Gasteiger partial charge in [-0.25, -0.2) is 0 Å². The Balaban J connectivity index is 2.18. The van der Waals surface area contributed by atoms with E-state index in [-0.39, 0.29) is 6.10 Å². The Morgan fingerprint density at radius 3 is 2.79 bits per heavy atom. The van der Waals surface area contributed by atoms with Crippen LogP contribution in [0, 0.1) is 0 Å². The number of aryl methyl sites for hydroxylation is 1. The van der Waals surface area contributed by atoms with Gasteiger partial charge in [0.15, 0.2) is 0 Å². The molecule has 0 aliphatic carbocycles. The number of hydrogen-bond acceptors (Lipinski definition) is 3. The van der Waals surface area contributed by atoms with Gasteiger partial charge in [0.2, 0.25) is 0 Å². The van der Waals surface area contributed by atoms with Crippen molar-refractivity contribution >= 4 is 38.9 Å². The first-order valence-electron chi connectivity index (χ1n) is 6.03. The fourth-order valence-corrected chi connectivity index (χ4v) is 3.52. The van der Waals surface area contributed by atoms with Crippen LogP contribution in [-0.2, 0) is 6.42 Å². The predicted octanol–water partition coefficient (Wildman–Crippen LogP) is 4.81. The Labute approximate surface area is 130 Å². The van der Waals surface area contributed by atoms with Crippen LogP contribution in [0.5, 0.6) is 5.75 Å². The van der Waals surface area contributed by atoms with Crippen molar-refractivity contribution in [3.05, 3.63) is 49.6 Å². The number of rotatable bonds is 5. The van der Waals surface area contributed by atoms with Crippen LogP contribution < -0.4 is 10.5 Å². The Bertz CT molecular complexity index is 558. The lowest BCUT2D eigenvalue weighted by Crippen LogP contribution is -2.17. The summed E-state index contributed by atoms with van der Waals surface area (Å²) in [6.45, 7) is 2.51. The Kier molecular flexibility index (Phi) is 5.28. The summed E-state index contributed by atoms with van der Waals surface area (Å²) in [5, 5.41) is 2.80. The summed E-state index contributed by atoms with van der Waals surface area (Å²) in [5.74, 6) is 0.807. The van der Waals surface area contributed by atoms with Crippen LogP contribution in [0.4, 0.5) is 0 Å². The van der Waals surface area contributed by atoms with Crippen LogP contribution in [0.3, 0.4) is 0 Å². The summed E-state index contributed by atoms with van der Waals surface area (Å²) in [6, 6.07) is 7.77. The molecule has 2 rings (SSSR count). The smallest absolute Gasteiger partial charge is 0.145 e. The molecule has 1 atom stereocenters. The number of thiophene rings is 1. The molecule has 2 aromatic rings. The van der Waals surface area contributed by atoms with Crippen molar-refractivity contribution in [3.8, 4) is 5.75 Å². The summed E-state index contributed by atoms with van der Waals surface area (Å²) in [5.41, 5.74) is 6.89. The highest BCUT2D eigenvalue weighted by Gasteiger charge is 2.14. The number of nitrogens with two attached hydrogens (primary N) is 1. The van der Waals surface area contributed by atoms with Crippen molar-refractivity contribution in [3.63, 3.8) is 0 Å². The topological polar surface area (TPSA) is 35.2 Å². The highest BCUT2D eigenvalue weighted by molar-refractivity contribution is 9.10. The highest BCUT2D eigenvalue weighted by Crippen LogP contribution is 2.30. The lowest BCUT2D eigenvalue weighted by Gasteiger charge is -2.17. The van der Waals surface area contributed by atoms with Crippen molar-refractivity contribution < 1.29 is 4.74 Å². The molecule has 0 fully saturated rings. The standard InChI is InChI=1S/C14H15BrClNOS/c1-2-9-5-11(3-4-12(9)16)18-13(7-17)14-6-10(15)8-19-14/h3-6,8,13H,2,7,17H2,1H3. The molecule has 5 heteroatoms. The van der Waals surface area contributed by atoms with E-state index in [9.17, 15) is 0 Å². The normalized spacial score (nSPS) is 12.4. The quantitative estimate of drug-likeness (QED) is 0.831. The van der Waals surface area contributed by atoms with Crippen molar-refractivity contribution in [2.45, 2.75) is 19.4 Å². The minimum atomic E-state index is -0.123. The van der Waals surface area contributed by atoms with E-state index in [2.05, 4.69) is 22.9 Å². The van der Waals surface area contributed by atoms with E-state index in [0.717, 1.165) is 32.1 Å². The molecule has 0 aliphatic rings. The van der Waals surface area contributed by atoms with Crippen LogP contribution in [0.2, 0.25) is 5.02 Å². The van der Waals surface area contributed by atoms with Gasteiger partial charge in [-0.15, -0.1) is 11.3 Å². The zero-order valence-corrected chi connectivity index (χ0v) is 13.7. The third-order valence-electron chi connectivity index (χ3n) is 2.80. The minimum absolute atomic E-state index is 0.123. The van der Waals surface area contributed by atoms with E-state index in [1.54, 1.807) is 11.3 Å². The van der Waals surface area contributed by atoms with E-state index in [1.165, 1.54) is 0 Å². The first kappa shape index (κ1) is 14.9. The van der Waals surface area contributed by atoms with Gasteiger partial charge in [-0.1, -0.05) is 18.5 Å². The molecule has 0 aliphatic heterocycles. The minimum Gasteiger partial charge on any atom is -0.484 e. The molecule has 1 unspecified atom stereocenters. The van der Waals surface area contributed by atoms with Gasteiger partial charge in [0.1, 0.15) is 11.9 Å². The Hall–Kier alpha value is -0.550. The van der Waals surface area contributed by atoms with E-state index in [1.807, 2.05) is 29.6 Å². The Morgan fingerprint density at radius 2 is 2.21 bits per heavy atom. The summed E-state index contributed by atoms with van der Waals surface area (Å²) in [7, 11) is 0. The number of halogens is 2. The van der Waals surface area contributed by atoms with Gasteiger partial charge in [0.25, 0.3) is 0 Å². The number of benzene rings is 1. The maximum Gasteiger partial charge on any atom is 0.145 e. The zero-order chi connectivity index (χ0) is 13.8. The number of hydrogen-bond donors (Lipinski definition) is 1. The molecule has 2 N–H and O–H groups in total. The molecule has 19 heavy (non-hydrogen) atoms. The van der Waals surface area contributed by atoms with Crippen molar-refractivity contribution in [2.24, 2.45) is 5.73 Å². The summed E-state index contributed by atoms with van der Waals surface area (Å²) < 4.78 is 7.02. The van der Waals surface area contributed by atoms with Gasteiger partial charge in [-0.05, 0) is 52.2 Å². The molecular weight excluding hydrogens is 346 g/mol. The fourth-order valence-electron chi connectivity index (χ4n) is 1.78. The van der Waals surface area contributed by atoms with Gasteiger partial charge in [0, 0.05) is 26.3 Å². The first-order valence-corrected chi connectivity index (χ1v) is 8.08. The molecule has 0 amide bonds. The number of ether oxygens (including phenoxy) is 1. The monoisotopic (exact) mass is 359 g/mol. The van der Waals surface area contributed by atoms with Crippen molar-refractivity contribution in [2.75, 3.05) is 6.54 Å². The molecule has 0 bridgehead atoms. The fraction of sp³-hybridized carbons (Fsp3) is 0.286. The van der Waals surface area contributed by atoms with Crippen molar-refractivity contribution in [1.29, 1.82) is 0 Å². The summed E-state index contributed by atoms with van der Waals surface area (Å²) >= 11 is 11.2. The predicted molar refractivity (Wildman–Crippen MR) is 85.3 cm³/mol. The maximum absolute atomic E-state index is 6.10. The van der Waals surface area contributed by atoms with Gasteiger partial charge in [-0.3, -0.25) is 0 Å². The highest BCUT2D eigenvalue weighted by atomic mass is 79.9. The molecule has 1 heterocycles. The zero-order valence-electron chi connectivity index (χ0n) is 10.5. The Morgan fingerprint density at radius 1 is 1.42 bits per heavy atom. The van der Waals surface area contributed by atoms with Crippen LogP contribution >= 0.6 is 38.9 Å². The lowest BCUT2D eigenvalue weighted by atomic mass is 10.1. The van der Waals surface area contributed by atoms with Gasteiger partial charge < -0.3 is 10.5 Å². The lowest BCUT2D eigenvalue weighted by molar-refractivity contribution is 0.218. The second kappa shape index (κ2) is 6.75. The van der Waals surface area contributed by atoms with Gasteiger partial charge in [-0.2, -0.15) is 0 Å². The molecule has 1 aromatic heterocycles. The average molecular weight is 361 g/mol. The summed E-state index contributed by atoms with van der Waals surface area (Å²) in [6.07, 6.45) is 0.760. The second-order valence-corrected chi connectivity index (χ2v) is 6.38. The molecule has 1 aromatic carbocycles. The molecule has 0 spiro atoms. The molecule has 2 nitrogen and oxygen atoms in total. The summed E-state index contributed by atoms with van der Waals surface area (Å²) in [4.78, 5) is 1.11. The van der Waals surface area contributed by atoms with Crippen LogP contribution in [0.1, 0.15) is 23.5 Å². The second-order valence-electron chi connectivity index (χ2n) is 4.12. The molecule has 0 saturated carbocycles. The van der Waals surface area contributed by atoms with Crippen LogP contribution in [0.15, 0.2) is 34.1 Å². The first-order chi connectivity index (χ1) is 9.13. The van der Waals surface area contributed by atoms with E-state index < -0.39 is 0 Å². The average Bonchev–Trinajstić information content (AvgIpc) is 2.84. The van der Waals surface area contributed by atoms with E-state index in [0.29, 0.717) is 6.54 Å². The van der Waals surface area contributed by atoms with Gasteiger partial charge >= 0.3 is 0 Å². The molecule has 0 saturated heterocycles. The van der Waals surface area contributed by atoms with Crippen LogP contribution in [0.25, 0.3) is 0 Å². The van der Waals surface area contributed by atoms with Crippen molar-refractivity contribution in [1.82, 2.24) is 0 Å². The van der Waals surface area contributed by atoms with E-state index in [4.69, 9.17) is 22.1 Å².